The second-order valence-electron chi connectivity index (χ2n) is 11.0. The first-order valence-corrected chi connectivity index (χ1v) is 13.3. The molecule has 0 N–H and O–H groups in total. The molecule has 5 heterocycles. The molecule has 0 aromatic heterocycles. The minimum Gasteiger partial charge on any atom is -0.493 e. The van der Waals surface area contributed by atoms with Crippen molar-refractivity contribution in [2.75, 3.05) is 6.61 Å². The summed E-state index contributed by atoms with van der Waals surface area (Å²) in [6.45, 7) is 5.55. The molecular formula is C29H38O6. The van der Waals surface area contributed by atoms with Gasteiger partial charge in [-0.25, -0.2) is 0 Å². The van der Waals surface area contributed by atoms with Crippen LogP contribution in [0, 0.1) is 0 Å². The number of benzene rings is 1. The molecule has 3 saturated heterocycles. The van der Waals surface area contributed by atoms with Gasteiger partial charge in [0.05, 0.1) is 37.3 Å². The summed E-state index contributed by atoms with van der Waals surface area (Å²) in [4.78, 5) is 0. The molecule has 190 valence electrons. The van der Waals surface area contributed by atoms with E-state index in [-0.39, 0.29) is 42.7 Å². The van der Waals surface area contributed by atoms with E-state index < -0.39 is 11.2 Å². The van der Waals surface area contributed by atoms with Crippen molar-refractivity contribution in [2.45, 2.75) is 113 Å². The van der Waals surface area contributed by atoms with E-state index in [0.29, 0.717) is 6.61 Å². The second kappa shape index (κ2) is 9.64. The standard InChI is InChI=1S/C29H38O6/c1-28-18-23-26(34-24(28)14-10-16-32-28)27(31-19-20-11-6-5-7-12-20)29(2)25(33-23)17-22-21(35-29)13-8-3-4-9-15-30-22/h3,5-8,10-12,16,21-27H,4,9,13-15,17-19H2,1-2H3/b8-3-/t21-,22+,23+,24+,25-,26+,27-,28-,29-/m0/s1. The molecule has 0 bridgehead atoms. The minimum absolute atomic E-state index is 0.0175. The van der Waals surface area contributed by atoms with E-state index in [4.69, 9.17) is 28.4 Å². The Balaban J connectivity index is 1.31. The lowest BCUT2D eigenvalue weighted by Crippen LogP contribution is -2.74. The van der Waals surface area contributed by atoms with E-state index in [1.807, 2.05) is 30.5 Å². The Labute approximate surface area is 208 Å². The van der Waals surface area contributed by atoms with Crippen LogP contribution in [-0.2, 0) is 35.0 Å². The van der Waals surface area contributed by atoms with Crippen LogP contribution in [0.2, 0.25) is 0 Å². The SMILES string of the molecule is C[C@]12O[C@H]3C/C=C\CCCO[C@@H]3C[C@@H]1O[C@@H]1C[C@]3(C)OC=CC[C@H]3O[C@H]1[C@@H]2OCc1ccccc1. The fourth-order valence-corrected chi connectivity index (χ4v) is 6.50. The van der Waals surface area contributed by atoms with Gasteiger partial charge in [-0.1, -0.05) is 42.5 Å². The summed E-state index contributed by atoms with van der Waals surface area (Å²) in [5, 5.41) is 0. The topological polar surface area (TPSA) is 55.4 Å². The van der Waals surface area contributed by atoms with Crippen LogP contribution in [-0.4, -0.2) is 60.5 Å². The molecule has 6 heteroatoms. The molecule has 0 saturated carbocycles. The summed E-state index contributed by atoms with van der Waals surface area (Å²) in [6, 6.07) is 10.3. The van der Waals surface area contributed by atoms with Crippen LogP contribution in [0.4, 0.5) is 0 Å². The molecule has 5 aliphatic heterocycles. The van der Waals surface area contributed by atoms with Crippen molar-refractivity contribution in [3.05, 3.63) is 60.4 Å². The number of allylic oxidation sites excluding steroid dienone is 1. The molecule has 35 heavy (non-hydrogen) atoms. The molecule has 6 nitrogen and oxygen atoms in total. The summed E-state index contributed by atoms with van der Waals surface area (Å²) >= 11 is 0. The van der Waals surface area contributed by atoms with E-state index in [9.17, 15) is 0 Å². The Morgan fingerprint density at radius 3 is 2.71 bits per heavy atom. The quantitative estimate of drug-likeness (QED) is 0.574. The smallest absolute Gasteiger partial charge is 0.134 e. The highest BCUT2D eigenvalue weighted by atomic mass is 16.6. The highest BCUT2D eigenvalue weighted by Gasteiger charge is 2.63. The van der Waals surface area contributed by atoms with Gasteiger partial charge < -0.3 is 28.4 Å². The average Bonchev–Trinajstić information content (AvgIpc) is 2.96. The van der Waals surface area contributed by atoms with Gasteiger partial charge in [0.1, 0.15) is 29.5 Å². The summed E-state index contributed by atoms with van der Waals surface area (Å²) in [5.74, 6) is 0. The number of hydrogen-bond acceptors (Lipinski definition) is 6. The van der Waals surface area contributed by atoms with Gasteiger partial charge in [-0.3, -0.25) is 0 Å². The first-order valence-electron chi connectivity index (χ1n) is 13.3. The Bertz CT molecular complexity index is 932. The zero-order valence-electron chi connectivity index (χ0n) is 20.8. The van der Waals surface area contributed by atoms with Crippen molar-refractivity contribution >= 4 is 0 Å². The van der Waals surface area contributed by atoms with Crippen LogP contribution >= 0.6 is 0 Å². The van der Waals surface area contributed by atoms with Gasteiger partial charge in [-0.05, 0) is 51.2 Å². The van der Waals surface area contributed by atoms with Gasteiger partial charge in [0.25, 0.3) is 0 Å². The molecule has 0 amide bonds. The predicted octanol–water partition coefficient (Wildman–Crippen LogP) is 4.86. The lowest BCUT2D eigenvalue weighted by molar-refractivity contribution is -0.365. The molecule has 0 aliphatic carbocycles. The fourth-order valence-electron chi connectivity index (χ4n) is 6.50. The van der Waals surface area contributed by atoms with E-state index in [1.165, 1.54) is 0 Å². The highest BCUT2D eigenvalue weighted by Crippen LogP contribution is 2.49. The van der Waals surface area contributed by atoms with Crippen molar-refractivity contribution in [3.8, 4) is 0 Å². The van der Waals surface area contributed by atoms with Gasteiger partial charge in [-0.15, -0.1) is 0 Å². The van der Waals surface area contributed by atoms with E-state index in [1.54, 1.807) is 0 Å². The number of fused-ring (bicyclic) bond motifs is 4. The molecule has 1 aromatic rings. The van der Waals surface area contributed by atoms with Crippen molar-refractivity contribution in [1.82, 2.24) is 0 Å². The van der Waals surface area contributed by atoms with Gasteiger partial charge >= 0.3 is 0 Å². The third-order valence-corrected chi connectivity index (χ3v) is 8.52. The summed E-state index contributed by atoms with van der Waals surface area (Å²) < 4.78 is 39.6. The zero-order valence-corrected chi connectivity index (χ0v) is 20.8. The third kappa shape index (κ3) is 4.49. The van der Waals surface area contributed by atoms with Gasteiger partial charge in [0, 0.05) is 19.4 Å². The van der Waals surface area contributed by atoms with E-state index >= 15 is 0 Å². The lowest BCUT2D eigenvalue weighted by Gasteiger charge is -2.60. The summed E-state index contributed by atoms with van der Waals surface area (Å²) in [5.41, 5.74) is 0.106. The third-order valence-electron chi connectivity index (χ3n) is 8.52. The minimum atomic E-state index is -0.637. The highest BCUT2D eigenvalue weighted by molar-refractivity contribution is 5.16. The maximum absolute atomic E-state index is 6.93. The summed E-state index contributed by atoms with van der Waals surface area (Å²) in [6.07, 6.45) is 12.9. The normalized spacial score (nSPS) is 45.8. The first kappa shape index (κ1) is 23.7. The monoisotopic (exact) mass is 482 g/mol. The van der Waals surface area contributed by atoms with Gasteiger partial charge in [0.15, 0.2) is 0 Å². The largest absolute Gasteiger partial charge is 0.493 e. The van der Waals surface area contributed by atoms with E-state index in [2.05, 4.69) is 38.1 Å². The second-order valence-corrected chi connectivity index (χ2v) is 11.0. The van der Waals surface area contributed by atoms with Crippen molar-refractivity contribution in [2.24, 2.45) is 0 Å². The van der Waals surface area contributed by atoms with Crippen LogP contribution < -0.4 is 0 Å². The molecular weight excluding hydrogens is 444 g/mol. The van der Waals surface area contributed by atoms with Crippen LogP contribution in [0.5, 0.6) is 0 Å². The maximum Gasteiger partial charge on any atom is 0.134 e. The Kier molecular flexibility index (Phi) is 6.52. The fraction of sp³-hybridized carbons (Fsp3) is 0.655. The van der Waals surface area contributed by atoms with Crippen LogP contribution in [0.25, 0.3) is 0 Å². The first-order chi connectivity index (χ1) is 17.1. The number of hydrogen-bond donors (Lipinski definition) is 0. The van der Waals surface area contributed by atoms with Crippen LogP contribution in [0.3, 0.4) is 0 Å². The Morgan fingerprint density at radius 2 is 1.83 bits per heavy atom. The van der Waals surface area contributed by atoms with Crippen LogP contribution in [0.1, 0.15) is 57.9 Å². The van der Waals surface area contributed by atoms with Crippen molar-refractivity contribution in [1.29, 1.82) is 0 Å². The molecule has 0 spiro atoms. The molecule has 9 atom stereocenters. The molecule has 0 unspecified atom stereocenters. The average molecular weight is 483 g/mol. The van der Waals surface area contributed by atoms with Gasteiger partial charge in [-0.2, -0.15) is 0 Å². The number of rotatable bonds is 3. The molecule has 3 fully saturated rings. The lowest BCUT2D eigenvalue weighted by atomic mass is 9.73. The Morgan fingerprint density at radius 1 is 0.943 bits per heavy atom. The molecule has 6 rings (SSSR count). The maximum atomic E-state index is 6.93. The van der Waals surface area contributed by atoms with E-state index in [0.717, 1.165) is 50.7 Å². The van der Waals surface area contributed by atoms with Gasteiger partial charge in [0.2, 0.25) is 0 Å². The Hall–Kier alpha value is -1.70. The number of ether oxygens (including phenoxy) is 6. The molecule has 0 radical (unpaired) electrons. The summed E-state index contributed by atoms with van der Waals surface area (Å²) in [7, 11) is 0. The predicted molar refractivity (Wildman–Crippen MR) is 131 cm³/mol. The van der Waals surface area contributed by atoms with Crippen molar-refractivity contribution in [3.63, 3.8) is 0 Å². The van der Waals surface area contributed by atoms with Crippen LogP contribution in [0.15, 0.2) is 54.8 Å². The molecule has 1 aromatic carbocycles. The zero-order chi connectivity index (χ0) is 23.9. The van der Waals surface area contributed by atoms with Crippen molar-refractivity contribution < 1.29 is 28.4 Å². The molecule has 5 aliphatic rings.